The second-order valence-corrected chi connectivity index (χ2v) is 7.37. The third kappa shape index (κ3) is 3.90. The number of anilines is 1. The van der Waals surface area contributed by atoms with Crippen molar-refractivity contribution in [3.8, 4) is 0 Å². The summed E-state index contributed by atoms with van der Waals surface area (Å²) < 4.78 is 22.3. The Morgan fingerprint density at radius 3 is 2.40 bits per heavy atom. The Morgan fingerprint density at radius 1 is 1.20 bits per heavy atom. The van der Waals surface area contributed by atoms with Crippen molar-refractivity contribution in [1.82, 2.24) is 9.97 Å². The number of aromatic nitrogens is 2. The van der Waals surface area contributed by atoms with E-state index in [-0.39, 0.29) is 11.8 Å². The summed E-state index contributed by atoms with van der Waals surface area (Å²) in [5.41, 5.74) is 2.50. The van der Waals surface area contributed by atoms with Crippen molar-refractivity contribution in [2.24, 2.45) is 0 Å². The van der Waals surface area contributed by atoms with Gasteiger partial charge >= 0.3 is 0 Å². The lowest BCUT2D eigenvalue weighted by molar-refractivity contribution is 0.595. The molecule has 1 N–H and O–H groups in total. The number of sulfone groups is 1. The molecule has 1 aromatic carbocycles. The second-order valence-electron chi connectivity index (χ2n) is 5.11. The number of nitrogens with one attached hydrogen (secondary N) is 1. The maximum atomic E-state index is 11.2. The van der Waals surface area contributed by atoms with Gasteiger partial charge in [0.2, 0.25) is 0 Å². The van der Waals surface area contributed by atoms with Crippen molar-refractivity contribution in [1.29, 1.82) is 0 Å². The number of hydrogen-bond donors (Lipinski definition) is 1. The van der Waals surface area contributed by atoms with E-state index < -0.39 is 9.84 Å². The Bertz CT molecular complexity index is 713. The molecule has 1 aromatic heterocycles. The minimum absolute atomic E-state index is 0.0267. The Hall–Kier alpha value is -1.69. The van der Waals surface area contributed by atoms with Gasteiger partial charge in [-0.1, -0.05) is 12.1 Å². The first-order chi connectivity index (χ1) is 9.35. The molecule has 0 fully saturated rings. The quantitative estimate of drug-likeness (QED) is 0.914. The molecular formula is C14H19N3O2S. The highest BCUT2D eigenvalue weighted by molar-refractivity contribution is 7.90. The van der Waals surface area contributed by atoms with Gasteiger partial charge in [0.1, 0.15) is 15.7 Å². The molecule has 0 saturated carbocycles. The fourth-order valence-corrected chi connectivity index (χ4v) is 2.70. The van der Waals surface area contributed by atoms with E-state index in [0.717, 1.165) is 16.7 Å². The summed E-state index contributed by atoms with van der Waals surface area (Å²) in [5, 5.41) is 3.24. The second kappa shape index (κ2) is 5.75. The standard InChI is InChI=1S/C14H19N3O2S/c1-10(8-9-20(3,18)19)15-14-11(2)16-12-6-4-5-7-13(12)17-14/h4-7,10H,8-9H2,1-3H3,(H,15,17). The lowest BCUT2D eigenvalue weighted by Crippen LogP contribution is -2.21. The Labute approximate surface area is 119 Å². The van der Waals surface area contributed by atoms with Crippen LogP contribution in [0.5, 0.6) is 0 Å². The molecule has 2 rings (SSSR count). The van der Waals surface area contributed by atoms with Gasteiger partial charge < -0.3 is 5.32 Å². The topological polar surface area (TPSA) is 72.0 Å². The van der Waals surface area contributed by atoms with Crippen LogP contribution >= 0.6 is 0 Å². The third-order valence-corrected chi connectivity index (χ3v) is 4.03. The van der Waals surface area contributed by atoms with Crippen LogP contribution in [-0.4, -0.2) is 36.4 Å². The summed E-state index contributed by atoms with van der Waals surface area (Å²) in [6.07, 6.45) is 1.80. The number of rotatable bonds is 5. The van der Waals surface area contributed by atoms with E-state index in [1.165, 1.54) is 6.26 Å². The van der Waals surface area contributed by atoms with Crippen molar-refractivity contribution >= 4 is 26.7 Å². The minimum Gasteiger partial charge on any atom is -0.366 e. The zero-order valence-corrected chi connectivity index (χ0v) is 12.7. The normalized spacial score (nSPS) is 13.3. The third-order valence-electron chi connectivity index (χ3n) is 3.05. The highest BCUT2D eigenvalue weighted by atomic mass is 32.2. The van der Waals surface area contributed by atoms with Gasteiger partial charge in [0, 0.05) is 12.3 Å². The largest absolute Gasteiger partial charge is 0.366 e. The molecule has 0 saturated heterocycles. The van der Waals surface area contributed by atoms with Gasteiger partial charge in [-0.25, -0.2) is 18.4 Å². The number of hydrogen-bond acceptors (Lipinski definition) is 5. The predicted molar refractivity (Wildman–Crippen MR) is 81.7 cm³/mol. The number of para-hydroxylation sites is 2. The van der Waals surface area contributed by atoms with Crippen LogP contribution in [0.2, 0.25) is 0 Å². The summed E-state index contributed by atoms with van der Waals surface area (Å²) in [6, 6.07) is 7.71. The van der Waals surface area contributed by atoms with E-state index in [0.29, 0.717) is 12.2 Å². The molecule has 0 spiro atoms. The Kier molecular flexibility index (Phi) is 4.23. The molecule has 108 valence electrons. The first kappa shape index (κ1) is 14.7. The number of nitrogens with zero attached hydrogens (tertiary/aromatic N) is 2. The van der Waals surface area contributed by atoms with Gasteiger partial charge in [0.05, 0.1) is 22.5 Å². The van der Waals surface area contributed by atoms with Crippen LogP contribution in [0, 0.1) is 6.92 Å². The fourth-order valence-electron chi connectivity index (χ4n) is 1.92. The zero-order chi connectivity index (χ0) is 14.8. The van der Waals surface area contributed by atoms with Crippen LogP contribution in [0.1, 0.15) is 19.0 Å². The van der Waals surface area contributed by atoms with Crippen molar-refractivity contribution in [2.75, 3.05) is 17.3 Å². The molecule has 1 heterocycles. The van der Waals surface area contributed by atoms with Gasteiger partial charge in [-0.05, 0) is 32.4 Å². The van der Waals surface area contributed by atoms with Gasteiger partial charge in [-0.3, -0.25) is 0 Å². The maximum absolute atomic E-state index is 11.2. The molecule has 0 aliphatic rings. The molecule has 6 heteroatoms. The smallest absolute Gasteiger partial charge is 0.148 e. The molecule has 1 atom stereocenters. The van der Waals surface area contributed by atoms with E-state index in [4.69, 9.17) is 0 Å². The van der Waals surface area contributed by atoms with Crippen molar-refractivity contribution in [2.45, 2.75) is 26.3 Å². The van der Waals surface area contributed by atoms with Crippen LogP contribution in [0.15, 0.2) is 24.3 Å². The van der Waals surface area contributed by atoms with Gasteiger partial charge in [-0.15, -0.1) is 0 Å². The SMILES string of the molecule is Cc1nc2ccccc2nc1NC(C)CCS(C)(=O)=O. The molecule has 0 aliphatic carbocycles. The fraction of sp³-hybridized carbons (Fsp3) is 0.429. The molecule has 2 aromatic rings. The van der Waals surface area contributed by atoms with E-state index in [1.54, 1.807) is 0 Å². The van der Waals surface area contributed by atoms with Crippen molar-refractivity contribution in [3.05, 3.63) is 30.0 Å². The van der Waals surface area contributed by atoms with Gasteiger partial charge in [-0.2, -0.15) is 0 Å². The summed E-state index contributed by atoms with van der Waals surface area (Å²) in [4.78, 5) is 9.03. The van der Waals surface area contributed by atoms with Crippen LogP contribution in [0.3, 0.4) is 0 Å². The molecule has 0 aliphatic heterocycles. The Balaban J connectivity index is 2.14. The van der Waals surface area contributed by atoms with Crippen LogP contribution in [0.4, 0.5) is 5.82 Å². The van der Waals surface area contributed by atoms with Crippen LogP contribution < -0.4 is 5.32 Å². The number of benzene rings is 1. The Morgan fingerprint density at radius 2 is 1.80 bits per heavy atom. The summed E-state index contributed by atoms with van der Waals surface area (Å²) in [5.74, 6) is 0.881. The molecule has 0 bridgehead atoms. The number of fused-ring (bicyclic) bond motifs is 1. The first-order valence-corrected chi connectivity index (χ1v) is 8.59. The van der Waals surface area contributed by atoms with Crippen molar-refractivity contribution < 1.29 is 8.42 Å². The predicted octanol–water partition coefficient (Wildman–Crippen LogP) is 2.17. The zero-order valence-electron chi connectivity index (χ0n) is 11.9. The minimum atomic E-state index is -2.93. The lowest BCUT2D eigenvalue weighted by atomic mass is 10.2. The van der Waals surface area contributed by atoms with Crippen molar-refractivity contribution in [3.63, 3.8) is 0 Å². The number of aryl methyl sites for hydroxylation is 1. The average Bonchev–Trinajstić information content (AvgIpc) is 2.36. The molecular weight excluding hydrogens is 274 g/mol. The molecule has 1 unspecified atom stereocenters. The summed E-state index contributed by atoms with van der Waals surface area (Å²) in [7, 11) is -2.93. The van der Waals surface area contributed by atoms with E-state index in [1.807, 2.05) is 38.1 Å². The molecule has 5 nitrogen and oxygen atoms in total. The monoisotopic (exact) mass is 293 g/mol. The van der Waals surface area contributed by atoms with Crippen LogP contribution in [0.25, 0.3) is 11.0 Å². The highest BCUT2D eigenvalue weighted by Crippen LogP contribution is 2.17. The summed E-state index contributed by atoms with van der Waals surface area (Å²) in [6.45, 7) is 3.84. The average molecular weight is 293 g/mol. The molecule has 0 radical (unpaired) electrons. The summed E-state index contributed by atoms with van der Waals surface area (Å²) >= 11 is 0. The van der Waals surface area contributed by atoms with E-state index in [2.05, 4.69) is 15.3 Å². The molecule has 20 heavy (non-hydrogen) atoms. The van der Waals surface area contributed by atoms with Gasteiger partial charge in [0.15, 0.2) is 0 Å². The van der Waals surface area contributed by atoms with E-state index in [9.17, 15) is 8.42 Å². The first-order valence-electron chi connectivity index (χ1n) is 6.53. The van der Waals surface area contributed by atoms with Crippen LogP contribution in [-0.2, 0) is 9.84 Å². The highest BCUT2D eigenvalue weighted by Gasteiger charge is 2.11. The maximum Gasteiger partial charge on any atom is 0.148 e. The lowest BCUT2D eigenvalue weighted by Gasteiger charge is -2.15. The molecule has 0 amide bonds. The van der Waals surface area contributed by atoms with Gasteiger partial charge in [0.25, 0.3) is 0 Å². The van der Waals surface area contributed by atoms with E-state index >= 15 is 0 Å².